The molecule has 0 amide bonds. The van der Waals surface area contributed by atoms with Gasteiger partial charge in [-0.2, -0.15) is 0 Å². The van der Waals surface area contributed by atoms with Gasteiger partial charge in [0.1, 0.15) is 0 Å². The molecular weight excluding hydrogens is 348 g/mol. The Morgan fingerprint density at radius 2 is 1.33 bits per heavy atom. The van der Waals surface area contributed by atoms with Crippen LogP contribution in [0.4, 0.5) is 0 Å². The third kappa shape index (κ3) is 4.95. The zero-order valence-electron chi connectivity index (χ0n) is 16.4. The standard InChI is InChI=1S/C24H28O2Si/c1-24(2,3)21-15-14-19(17-25)20(16-21)18-26-27(22-10-6-4-7-11-22)23-12-8-5-9-13-23/h4-16,25,27H,17-18H2,1-3H3. The number of hydrogen-bond acceptors (Lipinski definition) is 2. The van der Waals surface area contributed by atoms with Gasteiger partial charge in [0.05, 0.1) is 13.2 Å². The van der Waals surface area contributed by atoms with E-state index >= 15 is 0 Å². The quantitative estimate of drug-likeness (QED) is 0.667. The lowest BCUT2D eigenvalue weighted by atomic mass is 9.85. The number of rotatable bonds is 6. The minimum atomic E-state index is -1.79. The number of aliphatic hydroxyl groups is 1. The van der Waals surface area contributed by atoms with Crippen molar-refractivity contribution in [3.63, 3.8) is 0 Å². The minimum Gasteiger partial charge on any atom is -0.407 e. The molecule has 0 heterocycles. The summed E-state index contributed by atoms with van der Waals surface area (Å²) in [6.07, 6.45) is 0. The Balaban J connectivity index is 1.90. The van der Waals surface area contributed by atoms with Crippen LogP contribution in [0.15, 0.2) is 78.9 Å². The van der Waals surface area contributed by atoms with Crippen molar-refractivity contribution >= 4 is 19.4 Å². The molecule has 0 unspecified atom stereocenters. The zero-order valence-corrected chi connectivity index (χ0v) is 17.5. The third-order valence-electron chi connectivity index (χ3n) is 4.85. The lowest BCUT2D eigenvalue weighted by Gasteiger charge is -2.22. The summed E-state index contributed by atoms with van der Waals surface area (Å²) in [4.78, 5) is 0. The Bertz CT molecular complexity index is 815. The van der Waals surface area contributed by atoms with Gasteiger partial charge in [-0.1, -0.05) is 99.6 Å². The van der Waals surface area contributed by atoms with Gasteiger partial charge in [0, 0.05) is 0 Å². The molecule has 0 atom stereocenters. The zero-order chi connectivity index (χ0) is 19.3. The van der Waals surface area contributed by atoms with Gasteiger partial charge in [0.2, 0.25) is 9.04 Å². The van der Waals surface area contributed by atoms with Crippen molar-refractivity contribution in [2.45, 2.75) is 39.4 Å². The first-order valence-corrected chi connectivity index (χ1v) is 11.1. The molecule has 0 spiro atoms. The van der Waals surface area contributed by atoms with Gasteiger partial charge in [-0.05, 0) is 32.5 Å². The van der Waals surface area contributed by atoms with Crippen molar-refractivity contribution < 1.29 is 9.53 Å². The highest BCUT2D eigenvalue weighted by Gasteiger charge is 2.20. The molecule has 0 fully saturated rings. The second-order valence-corrected chi connectivity index (χ2v) is 10.3. The average molecular weight is 377 g/mol. The predicted molar refractivity (Wildman–Crippen MR) is 115 cm³/mol. The molecule has 3 rings (SSSR count). The molecule has 1 N–H and O–H groups in total. The predicted octanol–water partition coefficient (Wildman–Crippen LogP) is 3.53. The molecule has 2 nitrogen and oxygen atoms in total. The molecule has 0 saturated carbocycles. The summed E-state index contributed by atoms with van der Waals surface area (Å²) in [6.45, 7) is 7.16. The van der Waals surface area contributed by atoms with Crippen LogP contribution >= 0.6 is 0 Å². The van der Waals surface area contributed by atoms with E-state index in [1.807, 2.05) is 18.2 Å². The van der Waals surface area contributed by atoms with E-state index in [9.17, 15) is 5.11 Å². The molecule has 3 heteroatoms. The van der Waals surface area contributed by atoms with E-state index in [2.05, 4.69) is 81.4 Å². The topological polar surface area (TPSA) is 29.5 Å². The van der Waals surface area contributed by atoms with Crippen LogP contribution in [-0.4, -0.2) is 14.1 Å². The fourth-order valence-corrected chi connectivity index (χ4v) is 5.45. The molecular formula is C24H28O2Si. The van der Waals surface area contributed by atoms with Gasteiger partial charge in [-0.15, -0.1) is 0 Å². The minimum absolute atomic E-state index is 0.0337. The lowest BCUT2D eigenvalue weighted by Crippen LogP contribution is -2.44. The first-order valence-electron chi connectivity index (χ1n) is 9.43. The molecule has 140 valence electrons. The van der Waals surface area contributed by atoms with Crippen molar-refractivity contribution in [1.29, 1.82) is 0 Å². The summed E-state index contributed by atoms with van der Waals surface area (Å²) < 4.78 is 6.54. The Hall–Kier alpha value is -2.20. The van der Waals surface area contributed by atoms with E-state index in [-0.39, 0.29) is 12.0 Å². The van der Waals surface area contributed by atoms with Crippen molar-refractivity contribution in [3.05, 3.63) is 95.6 Å². The first-order chi connectivity index (χ1) is 13.0. The SMILES string of the molecule is CC(C)(C)c1ccc(CO)c(CO[SiH](c2ccccc2)c2ccccc2)c1. The van der Waals surface area contributed by atoms with Crippen LogP contribution in [-0.2, 0) is 23.1 Å². The highest BCUT2D eigenvalue weighted by atomic mass is 28.3. The summed E-state index contributed by atoms with van der Waals surface area (Å²) in [6, 6.07) is 27.3. The normalized spacial score (nSPS) is 11.7. The number of benzene rings is 3. The summed E-state index contributed by atoms with van der Waals surface area (Å²) >= 11 is 0. The van der Waals surface area contributed by atoms with E-state index < -0.39 is 9.04 Å². The summed E-state index contributed by atoms with van der Waals surface area (Å²) in [5, 5.41) is 12.3. The third-order valence-corrected chi connectivity index (χ3v) is 7.33. The van der Waals surface area contributed by atoms with Gasteiger partial charge in [0.15, 0.2) is 0 Å². The summed E-state index contributed by atoms with van der Waals surface area (Å²) in [7, 11) is -1.79. The Kier molecular flexibility index (Phi) is 6.27. The van der Waals surface area contributed by atoms with Crippen LogP contribution in [0.5, 0.6) is 0 Å². The Labute approximate surface area is 164 Å². The maximum absolute atomic E-state index is 9.77. The van der Waals surface area contributed by atoms with Crippen LogP contribution in [0.3, 0.4) is 0 Å². The van der Waals surface area contributed by atoms with Crippen LogP contribution in [0.25, 0.3) is 0 Å². The number of aliphatic hydroxyl groups excluding tert-OH is 1. The van der Waals surface area contributed by atoms with Gasteiger partial charge >= 0.3 is 0 Å². The van der Waals surface area contributed by atoms with Crippen molar-refractivity contribution in [2.24, 2.45) is 0 Å². The lowest BCUT2D eigenvalue weighted by molar-refractivity contribution is 0.272. The Morgan fingerprint density at radius 3 is 1.81 bits per heavy atom. The molecule has 0 saturated heterocycles. The molecule has 0 radical (unpaired) electrons. The molecule has 0 aliphatic rings. The summed E-state index contributed by atoms with van der Waals surface area (Å²) in [5.74, 6) is 0. The van der Waals surface area contributed by atoms with Crippen LogP contribution in [0, 0.1) is 0 Å². The van der Waals surface area contributed by atoms with Crippen molar-refractivity contribution in [3.8, 4) is 0 Å². The van der Waals surface area contributed by atoms with E-state index in [4.69, 9.17) is 4.43 Å². The van der Waals surface area contributed by atoms with Gasteiger partial charge in [-0.3, -0.25) is 0 Å². The molecule has 0 bridgehead atoms. The smallest absolute Gasteiger partial charge is 0.240 e. The van der Waals surface area contributed by atoms with E-state index in [1.165, 1.54) is 15.9 Å². The van der Waals surface area contributed by atoms with Crippen LogP contribution < -0.4 is 10.4 Å². The van der Waals surface area contributed by atoms with Gasteiger partial charge in [0.25, 0.3) is 0 Å². The highest BCUT2D eigenvalue weighted by molar-refractivity contribution is 6.80. The van der Waals surface area contributed by atoms with E-state index in [1.54, 1.807) is 0 Å². The monoisotopic (exact) mass is 376 g/mol. The van der Waals surface area contributed by atoms with Gasteiger partial charge in [-0.25, -0.2) is 0 Å². The fourth-order valence-electron chi connectivity index (χ4n) is 3.19. The van der Waals surface area contributed by atoms with Crippen LogP contribution in [0.2, 0.25) is 0 Å². The Morgan fingerprint density at radius 1 is 0.778 bits per heavy atom. The van der Waals surface area contributed by atoms with Crippen LogP contribution in [0.1, 0.15) is 37.5 Å². The molecule has 0 aliphatic heterocycles. The molecule has 27 heavy (non-hydrogen) atoms. The second-order valence-electron chi connectivity index (χ2n) is 7.90. The molecule has 0 aromatic heterocycles. The van der Waals surface area contributed by atoms with E-state index in [0.717, 1.165) is 11.1 Å². The fraction of sp³-hybridized carbons (Fsp3) is 0.250. The van der Waals surface area contributed by atoms with E-state index in [0.29, 0.717) is 6.61 Å². The molecule has 3 aromatic rings. The second kappa shape index (κ2) is 8.66. The first kappa shape index (κ1) is 19.6. The number of hydrogen-bond donors (Lipinski definition) is 1. The molecule has 3 aromatic carbocycles. The maximum atomic E-state index is 9.77. The maximum Gasteiger partial charge on any atom is 0.240 e. The van der Waals surface area contributed by atoms with Crippen molar-refractivity contribution in [2.75, 3.05) is 0 Å². The largest absolute Gasteiger partial charge is 0.407 e. The summed E-state index contributed by atoms with van der Waals surface area (Å²) in [5.41, 5.74) is 3.35. The average Bonchev–Trinajstić information content (AvgIpc) is 2.69. The van der Waals surface area contributed by atoms with Crippen molar-refractivity contribution in [1.82, 2.24) is 0 Å². The molecule has 0 aliphatic carbocycles. The highest BCUT2D eigenvalue weighted by Crippen LogP contribution is 2.25. The van der Waals surface area contributed by atoms with Gasteiger partial charge < -0.3 is 9.53 Å².